The zero-order valence-electron chi connectivity index (χ0n) is 10.6. The van der Waals surface area contributed by atoms with Gasteiger partial charge in [-0.1, -0.05) is 18.5 Å². The van der Waals surface area contributed by atoms with Crippen molar-refractivity contribution >= 4 is 11.6 Å². The predicted molar refractivity (Wildman–Crippen MR) is 71.3 cm³/mol. The van der Waals surface area contributed by atoms with Gasteiger partial charge in [-0.2, -0.15) is 0 Å². The van der Waals surface area contributed by atoms with E-state index in [1.54, 1.807) is 6.07 Å². The summed E-state index contributed by atoms with van der Waals surface area (Å²) in [5, 5.41) is 3.99. The third-order valence-corrected chi connectivity index (χ3v) is 3.94. The van der Waals surface area contributed by atoms with Gasteiger partial charge in [0.2, 0.25) is 0 Å². The molecular weight excluding hydrogens is 253 g/mol. The van der Waals surface area contributed by atoms with E-state index in [1.807, 2.05) is 0 Å². The summed E-state index contributed by atoms with van der Waals surface area (Å²) in [5.74, 6) is -0.242. The van der Waals surface area contributed by atoms with Gasteiger partial charge in [-0.25, -0.2) is 4.39 Å². The van der Waals surface area contributed by atoms with Gasteiger partial charge >= 0.3 is 0 Å². The van der Waals surface area contributed by atoms with Gasteiger partial charge in [-0.15, -0.1) is 0 Å². The quantitative estimate of drug-likeness (QED) is 0.906. The van der Waals surface area contributed by atoms with Gasteiger partial charge in [-0.3, -0.25) is 0 Å². The number of rotatable bonds is 4. The molecule has 4 heteroatoms. The lowest BCUT2D eigenvalue weighted by Gasteiger charge is -2.33. The Bertz CT molecular complexity index is 405. The fraction of sp³-hybridized carbons (Fsp3) is 0.571. The highest BCUT2D eigenvalue weighted by Crippen LogP contribution is 2.28. The van der Waals surface area contributed by atoms with E-state index in [9.17, 15) is 4.39 Å². The number of ether oxygens (including phenoxy) is 1. The summed E-state index contributed by atoms with van der Waals surface area (Å²) in [6.07, 6.45) is 2.13. The average molecular weight is 272 g/mol. The first-order valence-corrected chi connectivity index (χ1v) is 6.69. The summed E-state index contributed by atoms with van der Waals surface area (Å²) < 4.78 is 18.5. The smallest absolute Gasteiger partial charge is 0.123 e. The molecule has 2 rings (SSSR count). The molecule has 0 unspecified atom stereocenters. The van der Waals surface area contributed by atoms with E-state index in [2.05, 4.69) is 12.2 Å². The summed E-state index contributed by atoms with van der Waals surface area (Å²) in [5.41, 5.74) is 1.09. The second-order valence-corrected chi connectivity index (χ2v) is 5.67. The highest BCUT2D eigenvalue weighted by molar-refractivity contribution is 6.31. The summed E-state index contributed by atoms with van der Waals surface area (Å²) in [6, 6.07) is 4.47. The Hall–Kier alpha value is -0.640. The number of hydrogen-bond donors (Lipinski definition) is 1. The van der Waals surface area contributed by atoms with Crippen LogP contribution in [-0.4, -0.2) is 19.8 Å². The van der Waals surface area contributed by atoms with Gasteiger partial charge < -0.3 is 10.1 Å². The highest BCUT2D eigenvalue weighted by Gasteiger charge is 2.26. The molecule has 1 N–H and O–H groups in total. The molecule has 0 aromatic heterocycles. The third kappa shape index (κ3) is 3.67. The van der Waals surface area contributed by atoms with E-state index in [4.69, 9.17) is 16.3 Å². The van der Waals surface area contributed by atoms with Crippen LogP contribution in [0.25, 0.3) is 0 Å². The zero-order valence-corrected chi connectivity index (χ0v) is 11.4. The zero-order chi connectivity index (χ0) is 13.0. The Morgan fingerprint density at radius 2 is 2.11 bits per heavy atom. The van der Waals surface area contributed by atoms with Crippen molar-refractivity contribution in [1.82, 2.24) is 5.32 Å². The van der Waals surface area contributed by atoms with Crippen molar-refractivity contribution in [2.75, 3.05) is 19.8 Å². The lowest BCUT2D eigenvalue weighted by atomic mass is 9.82. The van der Waals surface area contributed by atoms with Gasteiger partial charge in [0.15, 0.2) is 0 Å². The van der Waals surface area contributed by atoms with Crippen molar-refractivity contribution in [2.45, 2.75) is 26.3 Å². The van der Waals surface area contributed by atoms with E-state index < -0.39 is 0 Å². The molecule has 1 aromatic rings. The monoisotopic (exact) mass is 271 g/mol. The Morgan fingerprint density at radius 3 is 2.83 bits per heavy atom. The summed E-state index contributed by atoms with van der Waals surface area (Å²) in [6.45, 7) is 5.43. The topological polar surface area (TPSA) is 21.3 Å². The van der Waals surface area contributed by atoms with Crippen LogP contribution in [0.1, 0.15) is 25.3 Å². The van der Waals surface area contributed by atoms with Gasteiger partial charge in [-0.05, 0) is 42.0 Å². The molecule has 100 valence electrons. The van der Waals surface area contributed by atoms with Crippen LogP contribution in [0.5, 0.6) is 0 Å². The van der Waals surface area contributed by atoms with Gasteiger partial charge in [0.25, 0.3) is 0 Å². The van der Waals surface area contributed by atoms with E-state index in [0.29, 0.717) is 11.6 Å². The molecule has 0 bridgehead atoms. The van der Waals surface area contributed by atoms with Crippen LogP contribution in [0.2, 0.25) is 5.02 Å². The number of nitrogens with one attached hydrogen (secondary N) is 1. The summed E-state index contributed by atoms with van der Waals surface area (Å²) in [4.78, 5) is 0. The van der Waals surface area contributed by atoms with Crippen LogP contribution in [-0.2, 0) is 11.3 Å². The normalized spacial score (nSPS) is 18.8. The van der Waals surface area contributed by atoms with E-state index in [0.717, 1.165) is 38.2 Å². The maximum atomic E-state index is 13.1. The Morgan fingerprint density at radius 1 is 1.39 bits per heavy atom. The molecular formula is C14H19ClFNO. The fourth-order valence-corrected chi connectivity index (χ4v) is 2.40. The average Bonchev–Trinajstić information content (AvgIpc) is 2.34. The van der Waals surface area contributed by atoms with Crippen LogP contribution < -0.4 is 5.32 Å². The second kappa shape index (κ2) is 6.00. The molecule has 0 aliphatic carbocycles. The van der Waals surface area contributed by atoms with Crippen molar-refractivity contribution in [1.29, 1.82) is 0 Å². The highest BCUT2D eigenvalue weighted by atomic mass is 35.5. The van der Waals surface area contributed by atoms with E-state index in [-0.39, 0.29) is 11.2 Å². The molecule has 1 aliphatic heterocycles. The minimum Gasteiger partial charge on any atom is -0.381 e. The standard InChI is InChI=1S/C14H19ClFNO/c1-14(4-6-18-7-5-14)10-17-9-11-8-12(16)2-3-13(11)15/h2-3,8,17H,4-7,9-10H2,1H3. The largest absolute Gasteiger partial charge is 0.381 e. The van der Waals surface area contributed by atoms with Crippen LogP contribution in [0, 0.1) is 11.2 Å². The third-order valence-electron chi connectivity index (χ3n) is 3.57. The van der Waals surface area contributed by atoms with Crippen LogP contribution in [0.15, 0.2) is 18.2 Å². The molecule has 1 fully saturated rings. The number of halogens is 2. The predicted octanol–water partition coefficient (Wildman–Crippen LogP) is 3.39. The minimum atomic E-state index is -0.242. The SMILES string of the molecule is CC1(CNCc2cc(F)ccc2Cl)CCOCC1. The molecule has 2 nitrogen and oxygen atoms in total. The Labute approximate surface area is 112 Å². The number of hydrogen-bond acceptors (Lipinski definition) is 2. The van der Waals surface area contributed by atoms with Gasteiger partial charge in [0.05, 0.1) is 0 Å². The number of benzene rings is 1. The molecule has 1 aromatic carbocycles. The molecule has 0 spiro atoms. The molecule has 1 saturated heterocycles. The lowest BCUT2D eigenvalue weighted by molar-refractivity contribution is 0.0240. The van der Waals surface area contributed by atoms with Crippen molar-refractivity contribution in [3.8, 4) is 0 Å². The van der Waals surface area contributed by atoms with Crippen molar-refractivity contribution in [3.63, 3.8) is 0 Å². The molecule has 1 heterocycles. The lowest BCUT2D eigenvalue weighted by Crippen LogP contribution is -2.36. The van der Waals surface area contributed by atoms with Crippen molar-refractivity contribution < 1.29 is 9.13 Å². The van der Waals surface area contributed by atoms with E-state index in [1.165, 1.54) is 12.1 Å². The molecule has 18 heavy (non-hydrogen) atoms. The molecule has 0 radical (unpaired) electrons. The van der Waals surface area contributed by atoms with Crippen molar-refractivity contribution in [3.05, 3.63) is 34.6 Å². The maximum Gasteiger partial charge on any atom is 0.123 e. The Kier molecular flexibility index (Phi) is 4.60. The van der Waals surface area contributed by atoms with Crippen LogP contribution in [0.3, 0.4) is 0 Å². The maximum absolute atomic E-state index is 13.1. The second-order valence-electron chi connectivity index (χ2n) is 5.26. The fourth-order valence-electron chi connectivity index (χ4n) is 2.22. The van der Waals surface area contributed by atoms with Crippen molar-refractivity contribution in [2.24, 2.45) is 5.41 Å². The first-order chi connectivity index (χ1) is 8.59. The van der Waals surface area contributed by atoms with Gasteiger partial charge in [0, 0.05) is 31.3 Å². The van der Waals surface area contributed by atoms with Gasteiger partial charge in [0.1, 0.15) is 5.82 Å². The first-order valence-electron chi connectivity index (χ1n) is 6.31. The molecule has 0 atom stereocenters. The summed E-state index contributed by atoms with van der Waals surface area (Å²) >= 11 is 6.03. The summed E-state index contributed by atoms with van der Waals surface area (Å²) in [7, 11) is 0. The Balaban J connectivity index is 1.86. The molecule has 0 amide bonds. The van der Waals surface area contributed by atoms with E-state index >= 15 is 0 Å². The molecule has 1 aliphatic rings. The van der Waals surface area contributed by atoms with Crippen LogP contribution >= 0.6 is 11.6 Å². The van der Waals surface area contributed by atoms with Crippen LogP contribution in [0.4, 0.5) is 4.39 Å². The minimum absolute atomic E-state index is 0.242. The molecule has 0 saturated carbocycles. The first kappa shape index (κ1) is 13.8.